The van der Waals surface area contributed by atoms with Crippen LogP contribution in [0.15, 0.2) is 182 Å². The van der Waals surface area contributed by atoms with E-state index >= 15 is 0 Å². The van der Waals surface area contributed by atoms with Gasteiger partial charge in [-0.05, 0) is 97.4 Å². The minimum atomic E-state index is 1.12. The highest BCUT2D eigenvalue weighted by molar-refractivity contribution is 6.27. The van der Waals surface area contributed by atoms with Gasteiger partial charge in [0.1, 0.15) is 0 Å². The lowest BCUT2D eigenvalue weighted by atomic mass is 9.87. The zero-order valence-corrected chi connectivity index (χ0v) is 26.8. The fourth-order valence-corrected chi connectivity index (χ4v) is 7.36. The lowest BCUT2D eigenvalue weighted by molar-refractivity contribution is 1.28. The van der Waals surface area contributed by atoms with Gasteiger partial charge in [0.15, 0.2) is 0 Å². The minimum absolute atomic E-state index is 1.12. The summed E-state index contributed by atoms with van der Waals surface area (Å²) in [6.07, 6.45) is 0. The van der Waals surface area contributed by atoms with Gasteiger partial charge in [-0.3, -0.25) is 0 Å². The second-order valence-electron chi connectivity index (χ2n) is 12.6. The maximum absolute atomic E-state index is 2.38. The number of benzene rings is 9. The maximum Gasteiger partial charge on any atom is 0.0540 e. The second-order valence-corrected chi connectivity index (χ2v) is 12.6. The number of anilines is 3. The van der Waals surface area contributed by atoms with Gasteiger partial charge in [0.05, 0.1) is 5.69 Å². The van der Waals surface area contributed by atoms with Crippen LogP contribution < -0.4 is 4.90 Å². The molecule has 9 rings (SSSR count). The Morgan fingerprint density at radius 3 is 1.33 bits per heavy atom. The molecular formula is C47H33N. The van der Waals surface area contributed by atoms with Crippen LogP contribution in [0.25, 0.3) is 65.7 Å². The van der Waals surface area contributed by atoms with Crippen molar-refractivity contribution in [3.8, 4) is 33.4 Å². The first kappa shape index (κ1) is 28.1. The number of rotatable bonds is 6. The van der Waals surface area contributed by atoms with E-state index in [1.165, 1.54) is 71.3 Å². The number of hydrogen-bond donors (Lipinski definition) is 0. The van der Waals surface area contributed by atoms with E-state index in [2.05, 4.69) is 194 Å². The molecule has 0 aliphatic rings. The van der Waals surface area contributed by atoms with Gasteiger partial charge in [-0.1, -0.05) is 157 Å². The van der Waals surface area contributed by atoms with Crippen molar-refractivity contribution in [1.82, 2.24) is 0 Å². The Labute approximate surface area is 281 Å². The molecule has 1 nitrogen and oxygen atoms in total. The topological polar surface area (TPSA) is 3.24 Å². The predicted molar refractivity (Wildman–Crippen MR) is 206 cm³/mol. The van der Waals surface area contributed by atoms with Crippen LogP contribution >= 0.6 is 0 Å². The Balaban J connectivity index is 1.19. The second kappa shape index (κ2) is 11.6. The van der Waals surface area contributed by atoms with Crippen molar-refractivity contribution in [2.45, 2.75) is 6.92 Å². The molecule has 0 aliphatic carbocycles. The van der Waals surface area contributed by atoms with Crippen molar-refractivity contribution < 1.29 is 0 Å². The van der Waals surface area contributed by atoms with E-state index in [1.54, 1.807) is 0 Å². The van der Waals surface area contributed by atoms with Gasteiger partial charge in [-0.2, -0.15) is 0 Å². The van der Waals surface area contributed by atoms with Crippen molar-refractivity contribution in [2.24, 2.45) is 0 Å². The molecule has 9 aromatic carbocycles. The zero-order valence-electron chi connectivity index (χ0n) is 26.8. The number of nitrogens with zero attached hydrogens (tertiary/aromatic N) is 1. The first-order valence-corrected chi connectivity index (χ1v) is 16.6. The van der Waals surface area contributed by atoms with E-state index < -0.39 is 0 Å². The Morgan fingerprint density at radius 2 is 0.771 bits per heavy atom. The molecule has 0 aromatic heterocycles. The molecule has 1 heteroatoms. The van der Waals surface area contributed by atoms with Crippen LogP contribution in [0.4, 0.5) is 17.1 Å². The van der Waals surface area contributed by atoms with Gasteiger partial charge in [0, 0.05) is 16.9 Å². The molecule has 0 radical (unpaired) electrons. The van der Waals surface area contributed by atoms with Gasteiger partial charge in [0.25, 0.3) is 0 Å². The highest BCUT2D eigenvalue weighted by Gasteiger charge is 2.18. The van der Waals surface area contributed by atoms with Gasteiger partial charge in [-0.25, -0.2) is 0 Å². The fraction of sp³-hybridized carbons (Fsp3) is 0.0213. The van der Waals surface area contributed by atoms with Crippen LogP contribution in [0.2, 0.25) is 0 Å². The van der Waals surface area contributed by atoms with Crippen LogP contribution in [0.1, 0.15) is 5.56 Å². The largest absolute Gasteiger partial charge is 0.310 e. The van der Waals surface area contributed by atoms with Crippen LogP contribution in [0.3, 0.4) is 0 Å². The van der Waals surface area contributed by atoms with Crippen molar-refractivity contribution in [3.63, 3.8) is 0 Å². The SMILES string of the molecule is Cc1ccc(N(c2ccc(-c3ccc4ccc5c(-c6ccccc6)ccc6ccc3c4c65)cc2)c2ccccc2-c2ccccc2)cc1. The van der Waals surface area contributed by atoms with Gasteiger partial charge >= 0.3 is 0 Å². The highest BCUT2D eigenvalue weighted by atomic mass is 15.1. The third-order valence-corrected chi connectivity index (χ3v) is 9.71. The van der Waals surface area contributed by atoms with Gasteiger partial charge < -0.3 is 4.90 Å². The minimum Gasteiger partial charge on any atom is -0.310 e. The summed E-state index contributed by atoms with van der Waals surface area (Å²) in [7, 11) is 0. The zero-order chi connectivity index (χ0) is 32.0. The number of hydrogen-bond acceptors (Lipinski definition) is 1. The predicted octanol–water partition coefficient (Wildman–Crippen LogP) is 13.4. The molecule has 226 valence electrons. The molecule has 0 unspecified atom stereocenters. The molecule has 0 spiro atoms. The van der Waals surface area contributed by atoms with Crippen LogP contribution in [-0.2, 0) is 0 Å². The first-order valence-electron chi connectivity index (χ1n) is 16.6. The Bertz CT molecular complexity index is 2530. The third kappa shape index (κ3) is 4.71. The molecule has 0 N–H and O–H groups in total. The summed E-state index contributed by atoms with van der Waals surface area (Å²) in [5.74, 6) is 0. The molecule has 0 aliphatic heterocycles. The van der Waals surface area contributed by atoms with E-state index in [-0.39, 0.29) is 0 Å². The van der Waals surface area contributed by atoms with E-state index in [0.29, 0.717) is 0 Å². The van der Waals surface area contributed by atoms with Crippen LogP contribution in [0.5, 0.6) is 0 Å². The quantitative estimate of drug-likeness (QED) is 0.169. The highest BCUT2D eigenvalue weighted by Crippen LogP contribution is 2.44. The summed E-state index contributed by atoms with van der Waals surface area (Å²) in [6, 6.07) is 66.3. The number of aryl methyl sites for hydroxylation is 1. The number of para-hydroxylation sites is 1. The van der Waals surface area contributed by atoms with Gasteiger partial charge in [0.2, 0.25) is 0 Å². The molecule has 0 bridgehead atoms. The molecule has 0 atom stereocenters. The average molecular weight is 612 g/mol. The molecule has 9 aromatic rings. The van der Waals surface area contributed by atoms with Crippen molar-refractivity contribution in [1.29, 1.82) is 0 Å². The van der Waals surface area contributed by atoms with Crippen LogP contribution in [0, 0.1) is 6.92 Å². The van der Waals surface area contributed by atoms with Crippen molar-refractivity contribution >= 4 is 49.4 Å². The normalized spacial score (nSPS) is 11.4. The summed E-state index contributed by atoms with van der Waals surface area (Å²) in [5.41, 5.74) is 12.0. The first-order chi connectivity index (χ1) is 23.7. The van der Waals surface area contributed by atoms with E-state index in [9.17, 15) is 0 Å². The van der Waals surface area contributed by atoms with E-state index in [0.717, 1.165) is 17.1 Å². The molecule has 0 saturated carbocycles. The molecule has 0 amide bonds. The monoisotopic (exact) mass is 611 g/mol. The molecule has 0 fully saturated rings. The summed E-state index contributed by atoms with van der Waals surface area (Å²) in [5, 5.41) is 7.82. The Hall–Kier alpha value is -6.18. The average Bonchev–Trinajstić information content (AvgIpc) is 3.16. The maximum atomic E-state index is 2.38. The standard InChI is InChI=1S/C47H33N/c1-32-16-24-38(25-17-32)48(45-15-9-8-14-42(45)34-12-6-3-7-13-34)39-26-18-35(19-27-39)41-29-21-37-22-30-43-40(33-10-4-2-5-11-33)28-20-36-23-31-44(41)47(37)46(36)43/h2-31H,1H3. The lowest BCUT2D eigenvalue weighted by Crippen LogP contribution is -2.11. The summed E-state index contributed by atoms with van der Waals surface area (Å²) < 4.78 is 0. The fourth-order valence-electron chi connectivity index (χ4n) is 7.36. The molecular weight excluding hydrogens is 579 g/mol. The third-order valence-electron chi connectivity index (χ3n) is 9.71. The Morgan fingerprint density at radius 1 is 0.333 bits per heavy atom. The van der Waals surface area contributed by atoms with Crippen molar-refractivity contribution in [2.75, 3.05) is 4.90 Å². The smallest absolute Gasteiger partial charge is 0.0540 e. The summed E-state index contributed by atoms with van der Waals surface area (Å²) >= 11 is 0. The molecule has 0 saturated heterocycles. The Kier molecular flexibility index (Phi) is 6.76. The van der Waals surface area contributed by atoms with Crippen LogP contribution in [-0.4, -0.2) is 0 Å². The molecule has 0 heterocycles. The van der Waals surface area contributed by atoms with E-state index in [1.807, 2.05) is 0 Å². The van der Waals surface area contributed by atoms with Crippen molar-refractivity contribution in [3.05, 3.63) is 188 Å². The summed E-state index contributed by atoms with van der Waals surface area (Å²) in [4.78, 5) is 2.38. The molecule has 48 heavy (non-hydrogen) atoms. The van der Waals surface area contributed by atoms with Gasteiger partial charge in [-0.15, -0.1) is 0 Å². The van der Waals surface area contributed by atoms with E-state index in [4.69, 9.17) is 0 Å². The summed E-state index contributed by atoms with van der Waals surface area (Å²) in [6.45, 7) is 2.14. The lowest BCUT2D eigenvalue weighted by Gasteiger charge is -2.28.